The van der Waals surface area contributed by atoms with Gasteiger partial charge in [-0.25, -0.2) is 0 Å². The summed E-state index contributed by atoms with van der Waals surface area (Å²) in [6, 6.07) is 6.10. The molecular formula is C8H8NaO3S. The molecule has 0 aliphatic carbocycles. The van der Waals surface area contributed by atoms with Gasteiger partial charge in [0.25, 0.3) is 10.1 Å². The van der Waals surface area contributed by atoms with Crippen LogP contribution in [-0.2, 0) is 10.1 Å². The van der Waals surface area contributed by atoms with Crippen molar-refractivity contribution < 1.29 is 13.0 Å². The van der Waals surface area contributed by atoms with Crippen LogP contribution in [0.1, 0.15) is 5.56 Å². The van der Waals surface area contributed by atoms with Crippen molar-refractivity contribution in [2.45, 2.75) is 4.90 Å². The maximum Gasteiger partial charge on any atom is 0.295 e. The van der Waals surface area contributed by atoms with Gasteiger partial charge in [-0.3, -0.25) is 4.55 Å². The fraction of sp³-hybridized carbons (Fsp3) is 0. The second-order valence-corrected chi connectivity index (χ2v) is 3.61. The van der Waals surface area contributed by atoms with Crippen molar-refractivity contribution in [2.75, 3.05) is 0 Å². The Bertz CT molecular complexity index is 398. The van der Waals surface area contributed by atoms with Gasteiger partial charge in [-0.1, -0.05) is 30.9 Å². The van der Waals surface area contributed by atoms with Crippen LogP contribution in [-0.4, -0.2) is 42.5 Å². The standard InChI is InChI=1S/C8H8O3S.Na/c1-2-7-5-3-4-6-8(7)12(9,10)11;/h2-6H,1H2,(H,9,10,11);. The van der Waals surface area contributed by atoms with E-state index >= 15 is 0 Å². The number of hydrogen-bond acceptors (Lipinski definition) is 2. The maximum absolute atomic E-state index is 10.7. The molecule has 1 radical (unpaired) electrons. The Morgan fingerprint density at radius 1 is 1.31 bits per heavy atom. The van der Waals surface area contributed by atoms with Crippen LogP contribution >= 0.6 is 0 Å². The summed E-state index contributed by atoms with van der Waals surface area (Å²) in [6.07, 6.45) is 1.38. The molecule has 0 unspecified atom stereocenters. The van der Waals surface area contributed by atoms with Gasteiger partial charge in [-0.15, -0.1) is 0 Å². The van der Waals surface area contributed by atoms with Gasteiger partial charge >= 0.3 is 0 Å². The van der Waals surface area contributed by atoms with Gasteiger partial charge in [-0.2, -0.15) is 8.42 Å². The average Bonchev–Trinajstić information content (AvgIpc) is 2.03. The molecule has 0 fully saturated rings. The van der Waals surface area contributed by atoms with E-state index in [0.29, 0.717) is 5.56 Å². The van der Waals surface area contributed by atoms with Gasteiger partial charge < -0.3 is 0 Å². The summed E-state index contributed by atoms with van der Waals surface area (Å²) >= 11 is 0. The van der Waals surface area contributed by atoms with Crippen molar-refractivity contribution in [3.63, 3.8) is 0 Å². The summed E-state index contributed by atoms with van der Waals surface area (Å²) in [5.74, 6) is 0. The Balaban J connectivity index is 0.00000144. The minimum atomic E-state index is -4.12. The number of rotatable bonds is 2. The number of benzene rings is 1. The zero-order valence-corrected chi connectivity index (χ0v) is 10.1. The first-order valence-electron chi connectivity index (χ1n) is 3.24. The Morgan fingerprint density at radius 3 is 2.23 bits per heavy atom. The Kier molecular flexibility index (Phi) is 4.88. The minimum absolute atomic E-state index is 0. The van der Waals surface area contributed by atoms with Gasteiger partial charge in [-0.05, 0) is 11.6 Å². The first-order valence-corrected chi connectivity index (χ1v) is 4.68. The molecule has 0 amide bonds. The minimum Gasteiger partial charge on any atom is -0.282 e. The van der Waals surface area contributed by atoms with Gasteiger partial charge in [0, 0.05) is 29.6 Å². The maximum atomic E-state index is 10.7. The molecule has 0 aromatic heterocycles. The molecule has 1 N–H and O–H groups in total. The fourth-order valence-corrected chi connectivity index (χ4v) is 1.58. The van der Waals surface area contributed by atoms with E-state index in [-0.39, 0.29) is 34.5 Å². The van der Waals surface area contributed by atoms with Crippen LogP contribution in [0.2, 0.25) is 0 Å². The molecule has 1 aromatic rings. The average molecular weight is 207 g/mol. The monoisotopic (exact) mass is 207 g/mol. The molecule has 0 saturated carbocycles. The molecule has 0 aliphatic heterocycles. The van der Waals surface area contributed by atoms with E-state index in [0.717, 1.165) is 0 Å². The summed E-state index contributed by atoms with van der Waals surface area (Å²) in [5, 5.41) is 0. The van der Waals surface area contributed by atoms with E-state index in [1.807, 2.05) is 0 Å². The van der Waals surface area contributed by atoms with E-state index in [2.05, 4.69) is 6.58 Å². The molecule has 0 bridgehead atoms. The molecule has 1 aromatic carbocycles. The number of hydrogen-bond donors (Lipinski definition) is 1. The molecule has 13 heavy (non-hydrogen) atoms. The first kappa shape index (κ1) is 12.9. The Hall–Kier alpha value is -0.130. The van der Waals surface area contributed by atoms with Gasteiger partial charge in [0.1, 0.15) is 4.90 Å². The molecule has 1 rings (SSSR count). The second kappa shape index (κ2) is 4.93. The third-order valence-corrected chi connectivity index (χ3v) is 2.34. The summed E-state index contributed by atoms with van der Waals surface area (Å²) in [7, 11) is -4.12. The smallest absolute Gasteiger partial charge is 0.282 e. The third-order valence-electron chi connectivity index (χ3n) is 1.42. The van der Waals surface area contributed by atoms with Crippen molar-refractivity contribution >= 4 is 45.8 Å². The molecule has 5 heteroatoms. The van der Waals surface area contributed by atoms with Gasteiger partial charge in [0.2, 0.25) is 0 Å². The van der Waals surface area contributed by atoms with Crippen LogP contribution in [0.15, 0.2) is 35.7 Å². The van der Waals surface area contributed by atoms with E-state index in [9.17, 15) is 8.42 Å². The van der Waals surface area contributed by atoms with Crippen LogP contribution < -0.4 is 0 Å². The molecule has 0 heterocycles. The van der Waals surface area contributed by atoms with Crippen molar-refractivity contribution in [1.82, 2.24) is 0 Å². The summed E-state index contributed by atoms with van der Waals surface area (Å²) in [4.78, 5) is -0.111. The summed E-state index contributed by atoms with van der Waals surface area (Å²) in [5.41, 5.74) is 0.403. The van der Waals surface area contributed by atoms with Gasteiger partial charge in [0.15, 0.2) is 0 Å². The van der Waals surface area contributed by atoms with E-state index in [1.165, 1.54) is 18.2 Å². The zero-order chi connectivity index (χ0) is 9.19. The molecule has 0 atom stereocenters. The normalized spacial score (nSPS) is 10.2. The summed E-state index contributed by atoms with van der Waals surface area (Å²) in [6.45, 7) is 3.43. The van der Waals surface area contributed by atoms with Crippen LogP contribution in [0.3, 0.4) is 0 Å². The molecule has 0 spiro atoms. The molecule has 0 saturated heterocycles. The molecule has 0 aliphatic rings. The quantitative estimate of drug-likeness (QED) is 0.585. The van der Waals surface area contributed by atoms with Crippen molar-refractivity contribution in [3.05, 3.63) is 36.4 Å². The second-order valence-electron chi connectivity index (χ2n) is 2.22. The Morgan fingerprint density at radius 2 is 1.85 bits per heavy atom. The molecule has 65 valence electrons. The Labute approximate surface area is 99.5 Å². The third kappa shape index (κ3) is 3.25. The SMILES string of the molecule is C=Cc1ccccc1S(=O)(=O)O.[Na]. The van der Waals surface area contributed by atoms with Crippen LogP contribution in [0, 0.1) is 0 Å². The predicted molar refractivity (Wildman–Crippen MR) is 52.1 cm³/mol. The largest absolute Gasteiger partial charge is 0.295 e. The van der Waals surface area contributed by atoms with E-state index in [1.54, 1.807) is 12.1 Å². The van der Waals surface area contributed by atoms with E-state index < -0.39 is 10.1 Å². The van der Waals surface area contributed by atoms with Gasteiger partial charge in [0.05, 0.1) is 0 Å². The van der Waals surface area contributed by atoms with Crippen molar-refractivity contribution in [3.8, 4) is 0 Å². The van der Waals surface area contributed by atoms with Crippen LogP contribution in [0.4, 0.5) is 0 Å². The van der Waals surface area contributed by atoms with Crippen LogP contribution in [0.5, 0.6) is 0 Å². The zero-order valence-electron chi connectivity index (χ0n) is 7.27. The first-order chi connectivity index (χ1) is 5.55. The molecular weight excluding hydrogens is 199 g/mol. The molecule has 3 nitrogen and oxygen atoms in total. The van der Waals surface area contributed by atoms with Crippen molar-refractivity contribution in [1.29, 1.82) is 0 Å². The topological polar surface area (TPSA) is 54.4 Å². The van der Waals surface area contributed by atoms with Crippen LogP contribution in [0.25, 0.3) is 6.08 Å². The fourth-order valence-electron chi connectivity index (χ4n) is 0.884. The predicted octanol–water partition coefficient (Wildman–Crippen LogP) is 1.20. The van der Waals surface area contributed by atoms with E-state index in [4.69, 9.17) is 4.55 Å². The van der Waals surface area contributed by atoms with Crippen molar-refractivity contribution in [2.24, 2.45) is 0 Å². The summed E-state index contributed by atoms with van der Waals surface area (Å²) < 4.78 is 30.2.